The fourth-order valence-corrected chi connectivity index (χ4v) is 2.02. The number of anilines is 1. The van der Waals surface area contributed by atoms with Crippen molar-refractivity contribution >= 4 is 5.69 Å². The third-order valence-electron chi connectivity index (χ3n) is 2.86. The fourth-order valence-electron chi connectivity index (χ4n) is 2.02. The summed E-state index contributed by atoms with van der Waals surface area (Å²) in [7, 11) is 0. The predicted octanol–water partition coefficient (Wildman–Crippen LogP) is 2.17. The summed E-state index contributed by atoms with van der Waals surface area (Å²) in [4.78, 5) is 0. The molecule has 1 aliphatic rings. The van der Waals surface area contributed by atoms with Gasteiger partial charge in [0.05, 0.1) is 12.3 Å². The standard InChI is InChI=1S/C13H20N2O/c1-3-16-13-8-10(2)4-5-12(13)15-11-6-7-14-9-11/h4-5,8,11,14-15H,3,6-7,9H2,1-2H3. The molecule has 0 saturated carbocycles. The Balaban J connectivity index is 2.11. The van der Waals surface area contributed by atoms with Crippen LogP contribution in [0.3, 0.4) is 0 Å². The molecule has 1 aromatic carbocycles. The Morgan fingerprint density at radius 2 is 2.38 bits per heavy atom. The number of hydrogen-bond acceptors (Lipinski definition) is 3. The van der Waals surface area contributed by atoms with Crippen molar-refractivity contribution in [2.24, 2.45) is 0 Å². The van der Waals surface area contributed by atoms with Crippen LogP contribution >= 0.6 is 0 Å². The van der Waals surface area contributed by atoms with E-state index in [-0.39, 0.29) is 0 Å². The number of ether oxygens (including phenoxy) is 1. The van der Waals surface area contributed by atoms with Gasteiger partial charge in [-0.05, 0) is 44.5 Å². The summed E-state index contributed by atoms with van der Waals surface area (Å²) in [6.07, 6.45) is 1.18. The van der Waals surface area contributed by atoms with Crippen molar-refractivity contribution in [1.82, 2.24) is 5.32 Å². The Hall–Kier alpha value is -1.22. The molecule has 1 heterocycles. The molecule has 1 aliphatic heterocycles. The molecule has 3 heteroatoms. The second kappa shape index (κ2) is 5.21. The van der Waals surface area contributed by atoms with Gasteiger partial charge in [0, 0.05) is 12.6 Å². The highest BCUT2D eigenvalue weighted by molar-refractivity contribution is 5.58. The molecule has 1 saturated heterocycles. The number of hydrogen-bond donors (Lipinski definition) is 2. The van der Waals surface area contributed by atoms with E-state index < -0.39 is 0 Å². The molecule has 3 nitrogen and oxygen atoms in total. The van der Waals surface area contributed by atoms with E-state index in [1.807, 2.05) is 6.92 Å². The smallest absolute Gasteiger partial charge is 0.142 e. The Labute approximate surface area is 97.2 Å². The van der Waals surface area contributed by atoms with E-state index in [9.17, 15) is 0 Å². The molecule has 1 unspecified atom stereocenters. The summed E-state index contributed by atoms with van der Waals surface area (Å²) in [5, 5.41) is 6.89. The van der Waals surface area contributed by atoms with Gasteiger partial charge in [0.15, 0.2) is 0 Å². The lowest BCUT2D eigenvalue weighted by molar-refractivity contribution is 0.341. The van der Waals surface area contributed by atoms with Crippen LogP contribution in [0.25, 0.3) is 0 Å². The van der Waals surface area contributed by atoms with Gasteiger partial charge in [-0.25, -0.2) is 0 Å². The lowest BCUT2D eigenvalue weighted by atomic mass is 10.2. The molecular formula is C13H20N2O. The van der Waals surface area contributed by atoms with Crippen molar-refractivity contribution in [2.45, 2.75) is 26.3 Å². The third kappa shape index (κ3) is 2.67. The van der Waals surface area contributed by atoms with Crippen molar-refractivity contribution in [1.29, 1.82) is 0 Å². The zero-order valence-electron chi connectivity index (χ0n) is 10.0. The minimum Gasteiger partial charge on any atom is -0.492 e. The number of aryl methyl sites for hydroxylation is 1. The highest BCUT2D eigenvalue weighted by atomic mass is 16.5. The van der Waals surface area contributed by atoms with E-state index in [2.05, 4.69) is 35.8 Å². The van der Waals surface area contributed by atoms with Crippen LogP contribution in [0.15, 0.2) is 18.2 Å². The summed E-state index contributed by atoms with van der Waals surface area (Å²) in [5.74, 6) is 0.967. The van der Waals surface area contributed by atoms with Crippen LogP contribution in [0.1, 0.15) is 18.9 Å². The summed E-state index contributed by atoms with van der Waals surface area (Å²) in [6.45, 7) is 6.96. The highest BCUT2D eigenvalue weighted by Crippen LogP contribution is 2.27. The summed E-state index contributed by atoms with van der Waals surface area (Å²) >= 11 is 0. The van der Waals surface area contributed by atoms with Gasteiger partial charge in [-0.3, -0.25) is 0 Å². The van der Waals surface area contributed by atoms with Crippen molar-refractivity contribution in [3.63, 3.8) is 0 Å². The van der Waals surface area contributed by atoms with E-state index in [0.29, 0.717) is 12.6 Å². The lowest BCUT2D eigenvalue weighted by Crippen LogP contribution is -2.22. The molecular weight excluding hydrogens is 200 g/mol. The zero-order valence-corrected chi connectivity index (χ0v) is 10.0. The average Bonchev–Trinajstić information content (AvgIpc) is 2.75. The van der Waals surface area contributed by atoms with Crippen molar-refractivity contribution < 1.29 is 4.74 Å². The minimum atomic E-state index is 0.530. The molecule has 0 spiro atoms. The Kier molecular flexibility index (Phi) is 3.67. The zero-order chi connectivity index (χ0) is 11.4. The fraction of sp³-hybridized carbons (Fsp3) is 0.538. The SMILES string of the molecule is CCOc1cc(C)ccc1NC1CCNC1. The van der Waals surface area contributed by atoms with Gasteiger partial charge in [-0.1, -0.05) is 6.07 Å². The maximum absolute atomic E-state index is 5.65. The average molecular weight is 220 g/mol. The van der Waals surface area contributed by atoms with E-state index in [1.54, 1.807) is 0 Å². The maximum Gasteiger partial charge on any atom is 0.142 e. The molecule has 0 bridgehead atoms. The molecule has 1 aromatic rings. The quantitative estimate of drug-likeness (QED) is 0.816. The van der Waals surface area contributed by atoms with Crippen LogP contribution in [-0.2, 0) is 0 Å². The van der Waals surface area contributed by atoms with E-state index in [0.717, 1.165) is 24.5 Å². The van der Waals surface area contributed by atoms with Gasteiger partial charge in [0.25, 0.3) is 0 Å². The number of benzene rings is 1. The number of nitrogens with one attached hydrogen (secondary N) is 2. The van der Waals surface area contributed by atoms with Gasteiger partial charge in [-0.2, -0.15) is 0 Å². The normalized spacial score (nSPS) is 19.8. The molecule has 2 rings (SSSR count). The van der Waals surface area contributed by atoms with Crippen molar-refractivity contribution in [3.8, 4) is 5.75 Å². The van der Waals surface area contributed by atoms with Gasteiger partial charge >= 0.3 is 0 Å². The molecule has 2 N–H and O–H groups in total. The van der Waals surface area contributed by atoms with Crippen LogP contribution in [0.4, 0.5) is 5.69 Å². The van der Waals surface area contributed by atoms with Gasteiger partial charge < -0.3 is 15.4 Å². The number of rotatable bonds is 4. The summed E-state index contributed by atoms with van der Waals surface area (Å²) in [5.41, 5.74) is 2.35. The Morgan fingerprint density at radius 3 is 3.06 bits per heavy atom. The Morgan fingerprint density at radius 1 is 1.50 bits per heavy atom. The van der Waals surface area contributed by atoms with Crippen molar-refractivity contribution in [2.75, 3.05) is 25.0 Å². The largest absolute Gasteiger partial charge is 0.492 e. The van der Waals surface area contributed by atoms with E-state index in [1.165, 1.54) is 12.0 Å². The minimum absolute atomic E-state index is 0.530. The summed E-state index contributed by atoms with van der Waals surface area (Å²) in [6, 6.07) is 6.85. The van der Waals surface area contributed by atoms with E-state index in [4.69, 9.17) is 4.74 Å². The van der Waals surface area contributed by atoms with Crippen LogP contribution in [-0.4, -0.2) is 25.7 Å². The van der Waals surface area contributed by atoms with E-state index >= 15 is 0 Å². The second-order valence-electron chi connectivity index (χ2n) is 4.27. The van der Waals surface area contributed by atoms with Gasteiger partial charge in [0.1, 0.15) is 5.75 Å². The third-order valence-corrected chi connectivity index (χ3v) is 2.86. The van der Waals surface area contributed by atoms with Gasteiger partial charge in [0.2, 0.25) is 0 Å². The van der Waals surface area contributed by atoms with Gasteiger partial charge in [-0.15, -0.1) is 0 Å². The van der Waals surface area contributed by atoms with Crippen LogP contribution < -0.4 is 15.4 Å². The van der Waals surface area contributed by atoms with Crippen LogP contribution in [0.2, 0.25) is 0 Å². The molecule has 16 heavy (non-hydrogen) atoms. The predicted molar refractivity (Wildman–Crippen MR) is 67.2 cm³/mol. The first-order valence-corrected chi connectivity index (χ1v) is 6.00. The molecule has 0 radical (unpaired) electrons. The van der Waals surface area contributed by atoms with Crippen LogP contribution in [0.5, 0.6) is 5.75 Å². The molecule has 0 amide bonds. The first kappa shape index (κ1) is 11.3. The topological polar surface area (TPSA) is 33.3 Å². The van der Waals surface area contributed by atoms with Crippen LogP contribution in [0, 0.1) is 6.92 Å². The maximum atomic E-state index is 5.65. The molecule has 0 aromatic heterocycles. The molecule has 1 fully saturated rings. The summed E-state index contributed by atoms with van der Waals surface area (Å²) < 4.78 is 5.65. The lowest BCUT2D eigenvalue weighted by Gasteiger charge is -2.17. The molecule has 88 valence electrons. The Bertz CT molecular complexity index is 346. The molecule has 0 aliphatic carbocycles. The molecule has 1 atom stereocenters. The van der Waals surface area contributed by atoms with Crippen molar-refractivity contribution in [3.05, 3.63) is 23.8 Å². The second-order valence-corrected chi connectivity index (χ2v) is 4.27. The first-order valence-electron chi connectivity index (χ1n) is 6.00. The first-order chi connectivity index (χ1) is 7.79. The highest BCUT2D eigenvalue weighted by Gasteiger charge is 2.15. The monoisotopic (exact) mass is 220 g/mol.